The number of nitrogens with one attached hydrogen (secondary N) is 1. The van der Waals surface area contributed by atoms with Gasteiger partial charge >= 0.3 is 0 Å². The van der Waals surface area contributed by atoms with Crippen LogP contribution in [0.2, 0.25) is 0 Å². The van der Waals surface area contributed by atoms with Crippen molar-refractivity contribution in [1.82, 2.24) is 0 Å². The lowest BCUT2D eigenvalue weighted by Gasteiger charge is -2.05. The van der Waals surface area contributed by atoms with Crippen LogP contribution in [0, 0.1) is 0 Å². The standard InChI is InChI=1S/C11H17NO2S/c1-3-9-12-10-5-7-11(8-6-10)15(13,14)4-2/h5-8,12H,3-4,9H2,1-2H3. The Balaban J connectivity index is 2.81. The molecular weight excluding hydrogens is 210 g/mol. The van der Waals surface area contributed by atoms with E-state index in [0.717, 1.165) is 18.7 Å². The Labute approximate surface area is 91.4 Å². The van der Waals surface area contributed by atoms with Crippen LogP contribution in [-0.4, -0.2) is 20.7 Å². The van der Waals surface area contributed by atoms with E-state index in [2.05, 4.69) is 12.2 Å². The Morgan fingerprint density at radius 1 is 1.13 bits per heavy atom. The molecule has 4 heteroatoms. The van der Waals surface area contributed by atoms with Crippen LogP contribution in [0.25, 0.3) is 0 Å². The molecule has 0 amide bonds. The third-order valence-corrected chi connectivity index (χ3v) is 3.92. The first-order valence-electron chi connectivity index (χ1n) is 5.17. The molecule has 0 atom stereocenters. The molecule has 0 saturated heterocycles. The smallest absolute Gasteiger partial charge is 0.178 e. The van der Waals surface area contributed by atoms with Crippen LogP contribution in [0.5, 0.6) is 0 Å². The van der Waals surface area contributed by atoms with Gasteiger partial charge in [0.2, 0.25) is 0 Å². The van der Waals surface area contributed by atoms with E-state index in [1.807, 2.05) is 0 Å². The summed E-state index contributed by atoms with van der Waals surface area (Å²) in [7, 11) is -3.06. The van der Waals surface area contributed by atoms with E-state index >= 15 is 0 Å². The third kappa shape index (κ3) is 3.23. The Morgan fingerprint density at radius 3 is 2.20 bits per heavy atom. The highest BCUT2D eigenvalue weighted by Crippen LogP contribution is 2.15. The molecule has 0 radical (unpaired) electrons. The topological polar surface area (TPSA) is 46.2 Å². The van der Waals surface area contributed by atoms with Crippen molar-refractivity contribution in [3.05, 3.63) is 24.3 Å². The van der Waals surface area contributed by atoms with Gasteiger partial charge in [0.15, 0.2) is 9.84 Å². The normalized spacial score (nSPS) is 11.3. The lowest BCUT2D eigenvalue weighted by atomic mass is 10.3. The fourth-order valence-corrected chi connectivity index (χ4v) is 2.10. The Hall–Kier alpha value is -1.03. The quantitative estimate of drug-likeness (QED) is 0.839. The molecule has 1 aromatic carbocycles. The predicted molar refractivity (Wildman–Crippen MR) is 62.9 cm³/mol. The first kappa shape index (κ1) is 12.0. The molecule has 3 nitrogen and oxygen atoms in total. The van der Waals surface area contributed by atoms with E-state index in [1.54, 1.807) is 31.2 Å². The zero-order chi connectivity index (χ0) is 11.3. The van der Waals surface area contributed by atoms with Crippen molar-refractivity contribution in [3.8, 4) is 0 Å². The fraction of sp³-hybridized carbons (Fsp3) is 0.455. The number of anilines is 1. The summed E-state index contributed by atoms with van der Waals surface area (Å²) in [4.78, 5) is 0.395. The number of rotatable bonds is 5. The van der Waals surface area contributed by atoms with Crippen LogP contribution < -0.4 is 5.32 Å². The van der Waals surface area contributed by atoms with E-state index in [0.29, 0.717) is 4.90 Å². The lowest BCUT2D eigenvalue weighted by molar-refractivity contribution is 0.597. The fourth-order valence-electron chi connectivity index (χ4n) is 1.22. The van der Waals surface area contributed by atoms with Gasteiger partial charge in [-0.3, -0.25) is 0 Å². The van der Waals surface area contributed by atoms with E-state index in [1.165, 1.54) is 0 Å². The van der Waals surface area contributed by atoms with Gasteiger partial charge in [-0.1, -0.05) is 13.8 Å². The molecular formula is C11H17NO2S. The van der Waals surface area contributed by atoms with E-state index < -0.39 is 9.84 Å². The van der Waals surface area contributed by atoms with Crippen LogP contribution in [0.3, 0.4) is 0 Å². The second-order valence-corrected chi connectivity index (χ2v) is 5.63. The summed E-state index contributed by atoms with van der Waals surface area (Å²) in [5.74, 6) is 0.148. The summed E-state index contributed by atoms with van der Waals surface area (Å²) in [5.41, 5.74) is 0.965. The average molecular weight is 227 g/mol. The second-order valence-electron chi connectivity index (χ2n) is 3.35. The summed E-state index contributed by atoms with van der Waals surface area (Å²) in [6.45, 7) is 4.64. The predicted octanol–water partition coefficient (Wildman–Crippen LogP) is 2.30. The zero-order valence-electron chi connectivity index (χ0n) is 9.16. The molecule has 0 aliphatic rings. The molecule has 0 bridgehead atoms. The van der Waals surface area contributed by atoms with Gasteiger partial charge in [-0.15, -0.1) is 0 Å². The molecule has 0 aliphatic heterocycles. The molecule has 0 unspecified atom stereocenters. The highest BCUT2D eigenvalue weighted by atomic mass is 32.2. The molecule has 1 rings (SSSR count). The summed E-state index contributed by atoms with van der Waals surface area (Å²) in [6.07, 6.45) is 1.05. The monoisotopic (exact) mass is 227 g/mol. The van der Waals surface area contributed by atoms with E-state index in [9.17, 15) is 8.42 Å². The van der Waals surface area contributed by atoms with Gasteiger partial charge in [-0.2, -0.15) is 0 Å². The molecule has 1 aromatic rings. The number of benzene rings is 1. The van der Waals surface area contributed by atoms with Crippen molar-refractivity contribution in [2.75, 3.05) is 17.6 Å². The van der Waals surface area contributed by atoms with Crippen molar-refractivity contribution in [2.24, 2.45) is 0 Å². The van der Waals surface area contributed by atoms with E-state index in [4.69, 9.17) is 0 Å². The van der Waals surface area contributed by atoms with Crippen LogP contribution in [0.1, 0.15) is 20.3 Å². The first-order valence-corrected chi connectivity index (χ1v) is 6.82. The Morgan fingerprint density at radius 2 is 1.73 bits per heavy atom. The van der Waals surface area contributed by atoms with Crippen molar-refractivity contribution < 1.29 is 8.42 Å². The summed E-state index contributed by atoms with van der Waals surface area (Å²) < 4.78 is 23.0. The third-order valence-electron chi connectivity index (χ3n) is 2.17. The molecule has 0 fully saturated rings. The summed E-state index contributed by atoms with van der Waals surface area (Å²) in [6, 6.07) is 6.91. The van der Waals surface area contributed by atoms with Gasteiger partial charge in [0.25, 0.3) is 0 Å². The SMILES string of the molecule is CCCNc1ccc(S(=O)(=O)CC)cc1. The van der Waals surface area contributed by atoms with Gasteiger partial charge in [-0.05, 0) is 30.7 Å². The molecule has 84 valence electrons. The minimum Gasteiger partial charge on any atom is -0.385 e. The lowest BCUT2D eigenvalue weighted by Crippen LogP contribution is -2.04. The molecule has 0 aliphatic carbocycles. The molecule has 15 heavy (non-hydrogen) atoms. The summed E-state index contributed by atoms with van der Waals surface area (Å²) >= 11 is 0. The van der Waals surface area contributed by atoms with Crippen LogP contribution >= 0.6 is 0 Å². The van der Waals surface area contributed by atoms with Gasteiger partial charge in [0.05, 0.1) is 10.6 Å². The molecule has 1 N–H and O–H groups in total. The maximum absolute atomic E-state index is 11.5. The number of hydrogen-bond donors (Lipinski definition) is 1. The minimum absolute atomic E-state index is 0.148. The van der Waals surface area contributed by atoms with Gasteiger partial charge in [-0.25, -0.2) is 8.42 Å². The number of sulfone groups is 1. The summed E-state index contributed by atoms with van der Waals surface area (Å²) in [5, 5.41) is 3.20. The second kappa shape index (κ2) is 5.16. The highest BCUT2D eigenvalue weighted by Gasteiger charge is 2.10. The Kier molecular flexibility index (Phi) is 4.15. The zero-order valence-corrected chi connectivity index (χ0v) is 9.97. The van der Waals surface area contributed by atoms with Gasteiger partial charge in [0.1, 0.15) is 0 Å². The van der Waals surface area contributed by atoms with Crippen molar-refractivity contribution in [1.29, 1.82) is 0 Å². The van der Waals surface area contributed by atoms with Gasteiger partial charge < -0.3 is 5.32 Å². The van der Waals surface area contributed by atoms with Crippen molar-refractivity contribution in [2.45, 2.75) is 25.2 Å². The van der Waals surface area contributed by atoms with Crippen molar-refractivity contribution >= 4 is 15.5 Å². The average Bonchev–Trinajstić information content (AvgIpc) is 2.27. The Bertz CT molecular complexity index is 395. The van der Waals surface area contributed by atoms with E-state index in [-0.39, 0.29) is 5.75 Å². The van der Waals surface area contributed by atoms with Crippen LogP contribution in [-0.2, 0) is 9.84 Å². The first-order chi connectivity index (χ1) is 7.10. The molecule has 0 saturated carbocycles. The van der Waals surface area contributed by atoms with Crippen LogP contribution in [0.15, 0.2) is 29.2 Å². The minimum atomic E-state index is -3.06. The van der Waals surface area contributed by atoms with Gasteiger partial charge in [0, 0.05) is 12.2 Å². The maximum Gasteiger partial charge on any atom is 0.178 e. The largest absolute Gasteiger partial charge is 0.385 e. The van der Waals surface area contributed by atoms with Crippen LogP contribution in [0.4, 0.5) is 5.69 Å². The molecule has 0 heterocycles. The molecule has 0 aromatic heterocycles. The number of hydrogen-bond acceptors (Lipinski definition) is 3. The highest BCUT2D eigenvalue weighted by molar-refractivity contribution is 7.91. The molecule has 0 spiro atoms. The van der Waals surface area contributed by atoms with Crippen molar-refractivity contribution in [3.63, 3.8) is 0 Å². The maximum atomic E-state index is 11.5.